The van der Waals surface area contributed by atoms with Gasteiger partial charge in [0, 0.05) is 21.1 Å². The van der Waals surface area contributed by atoms with E-state index in [0.29, 0.717) is 0 Å². The van der Waals surface area contributed by atoms with Crippen LogP contribution in [0, 0.1) is 0 Å². The molecule has 2 aromatic rings. The van der Waals surface area contributed by atoms with Crippen molar-refractivity contribution in [2.45, 2.75) is 13.1 Å². The first-order chi connectivity index (χ1) is 10.0. The summed E-state index contributed by atoms with van der Waals surface area (Å²) in [7, 11) is -4.37. The van der Waals surface area contributed by atoms with Crippen LogP contribution in [0.15, 0.2) is 85.2 Å². The summed E-state index contributed by atoms with van der Waals surface area (Å²) in [5, 5.41) is 2.49. The van der Waals surface area contributed by atoms with Gasteiger partial charge in [0.2, 0.25) is 16.6 Å². The minimum atomic E-state index is -2.18. The third-order valence-electron chi connectivity index (χ3n) is 3.90. The van der Waals surface area contributed by atoms with Crippen LogP contribution in [0.4, 0.5) is 0 Å². The summed E-state index contributed by atoms with van der Waals surface area (Å²) in [4.78, 5) is 0. The Balaban J connectivity index is 0.00000242. The van der Waals surface area contributed by atoms with E-state index in [1.807, 2.05) is 23.5 Å². The van der Waals surface area contributed by atoms with Gasteiger partial charge in [-0.05, 0) is 23.5 Å². The van der Waals surface area contributed by atoms with Gasteiger partial charge in [-0.15, -0.1) is 13.2 Å². The molecule has 0 aliphatic rings. The normalized spacial score (nSPS) is 15.7. The molecular formula is C18H22OPtSi2. The first kappa shape index (κ1) is 19.0. The molecule has 2 atom stereocenters. The maximum absolute atomic E-state index is 6.74. The molecule has 0 saturated carbocycles. The number of rotatable bonds is 6. The molecule has 118 valence electrons. The van der Waals surface area contributed by atoms with Crippen molar-refractivity contribution in [2.75, 3.05) is 0 Å². The van der Waals surface area contributed by atoms with Gasteiger partial charge in [-0.3, -0.25) is 0 Å². The van der Waals surface area contributed by atoms with Crippen molar-refractivity contribution in [3.63, 3.8) is 0 Å². The molecule has 0 heterocycles. The summed E-state index contributed by atoms with van der Waals surface area (Å²) < 4.78 is 6.74. The third-order valence-corrected chi connectivity index (χ3v) is 11.8. The summed E-state index contributed by atoms with van der Waals surface area (Å²) in [6.45, 7) is 12.5. The van der Waals surface area contributed by atoms with Crippen LogP contribution in [-0.4, -0.2) is 16.6 Å². The number of hydrogen-bond donors (Lipinski definition) is 0. The molecule has 0 N–H and O–H groups in total. The van der Waals surface area contributed by atoms with E-state index in [0.717, 1.165) is 0 Å². The Morgan fingerprint density at radius 2 is 1.05 bits per heavy atom. The van der Waals surface area contributed by atoms with E-state index in [4.69, 9.17) is 4.12 Å². The second kappa shape index (κ2) is 8.02. The minimum Gasteiger partial charge on any atom is -0.443 e. The molecule has 0 radical (unpaired) electrons. The van der Waals surface area contributed by atoms with Crippen molar-refractivity contribution in [3.8, 4) is 0 Å². The van der Waals surface area contributed by atoms with Gasteiger partial charge in [0.05, 0.1) is 0 Å². The first-order valence-corrected chi connectivity index (χ1v) is 12.1. The van der Waals surface area contributed by atoms with E-state index in [9.17, 15) is 0 Å². The molecule has 22 heavy (non-hydrogen) atoms. The van der Waals surface area contributed by atoms with E-state index in [2.05, 4.69) is 74.8 Å². The predicted octanol–water partition coefficient (Wildman–Crippen LogP) is 3.42. The smallest absolute Gasteiger partial charge is 0.234 e. The van der Waals surface area contributed by atoms with Gasteiger partial charge >= 0.3 is 0 Å². The monoisotopic (exact) mass is 505 g/mol. The van der Waals surface area contributed by atoms with Crippen LogP contribution >= 0.6 is 0 Å². The predicted molar refractivity (Wildman–Crippen MR) is 96.9 cm³/mol. The van der Waals surface area contributed by atoms with Gasteiger partial charge in [0.25, 0.3) is 0 Å². The maximum Gasteiger partial charge on any atom is 0.234 e. The molecule has 0 aliphatic heterocycles. The molecule has 0 saturated heterocycles. The van der Waals surface area contributed by atoms with Gasteiger partial charge in [0.15, 0.2) is 0 Å². The van der Waals surface area contributed by atoms with Crippen LogP contribution in [0.2, 0.25) is 13.1 Å². The number of hydrogen-bond acceptors (Lipinski definition) is 1. The fourth-order valence-corrected chi connectivity index (χ4v) is 9.73. The molecule has 1 nitrogen and oxygen atoms in total. The van der Waals surface area contributed by atoms with E-state index in [1.165, 1.54) is 10.4 Å². The molecule has 0 fully saturated rings. The Hall–Kier alpha value is -0.998. The Kier molecular flexibility index (Phi) is 6.95. The Morgan fingerprint density at radius 3 is 1.32 bits per heavy atom. The summed E-state index contributed by atoms with van der Waals surface area (Å²) in [5.74, 6) is 0. The molecular weight excluding hydrogens is 483 g/mol. The molecule has 0 bridgehead atoms. The van der Waals surface area contributed by atoms with Crippen molar-refractivity contribution in [2.24, 2.45) is 0 Å². The van der Waals surface area contributed by atoms with Crippen LogP contribution in [0.5, 0.6) is 0 Å². The zero-order chi connectivity index (χ0) is 15.3. The van der Waals surface area contributed by atoms with Crippen LogP contribution in [0.1, 0.15) is 0 Å². The van der Waals surface area contributed by atoms with Crippen molar-refractivity contribution in [1.29, 1.82) is 0 Å². The van der Waals surface area contributed by atoms with Crippen LogP contribution < -0.4 is 10.4 Å². The topological polar surface area (TPSA) is 9.23 Å². The maximum atomic E-state index is 6.74. The molecule has 0 aromatic heterocycles. The Morgan fingerprint density at radius 1 is 0.727 bits per heavy atom. The summed E-state index contributed by atoms with van der Waals surface area (Å²) in [5.41, 5.74) is 4.03. The van der Waals surface area contributed by atoms with Crippen LogP contribution in [0.25, 0.3) is 0 Å². The van der Waals surface area contributed by atoms with Crippen molar-refractivity contribution in [1.82, 2.24) is 0 Å². The average molecular weight is 506 g/mol. The molecule has 4 heteroatoms. The summed E-state index contributed by atoms with van der Waals surface area (Å²) in [6, 6.07) is 20.8. The minimum absolute atomic E-state index is 0. The average Bonchev–Trinajstić information content (AvgIpc) is 2.56. The van der Waals surface area contributed by atoms with E-state index in [-0.39, 0.29) is 21.1 Å². The standard InChI is InChI=1S/C18H22OSi2.Pt/c1-5-20(3,17-13-9-7-10-14-17)19-21(4,6-2)18-15-11-8-12-16-18;/h5-16H,1-2H2,3-4H3;. The van der Waals surface area contributed by atoms with E-state index >= 15 is 0 Å². The Bertz CT molecular complexity index is 562. The number of benzene rings is 2. The first-order valence-electron chi connectivity index (χ1n) is 7.12. The summed E-state index contributed by atoms with van der Waals surface area (Å²) in [6.07, 6.45) is 0. The van der Waals surface area contributed by atoms with E-state index in [1.54, 1.807) is 0 Å². The van der Waals surface area contributed by atoms with Crippen molar-refractivity contribution in [3.05, 3.63) is 85.2 Å². The molecule has 2 rings (SSSR count). The van der Waals surface area contributed by atoms with Crippen molar-refractivity contribution >= 4 is 27.0 Å². The fraction of sp³-hybridized carbons (Fsp3) is 0.111. The van der Waals surface area contributed by atoms with Gasteiger partial charge < -0.3 is 4.12 Å². The fourth-order valence-electron chi connectivity index (χ4n) is 2.42. The van der Waals surface area contributed by atoms with Crippen LogP contribution in [-0.2, 0) is 25.2 Å². The quantitative estimate of drug-likeness (QED) is 0.547. The largest absolute Gasteiger partial charge is 0.443 e. The molecule has 2 aromatic carbocycles. The van der Waals surface area contributed by atoms with Gasteiger partial charge in [-0.2, -0.15) is 0 Å². The van der Waals surface area contributed by atoms with Gasteiger partial charge in [-0.1, -0.05) is 72.1 Å². The second-order valence-electron chi connectivity index (χ2n) is 5.46. The second-order valence-corrected chi connectivity index (χ2v) is 12.7. The molecule has 2 unspecified atom stereocenters. The van der Waals surface area contributed by atoms with E-state index < -0.39 is 16.6 Å². The van der Waals surface area contributed by atoms with Crippen LogP contribution in [0.3, 0.4) is 0 Å². The summed E-state index contributed by atoms with van der Waals surface area (Å²) >= 11 is 0. The molecule has 0 amide bonds. The van der Waals surface area contributed by atoms with Gasteiger partial charge in [-0.25, -0.2) is 0 Å². The zero-order valence-corrected chi connectivity index (χ0v) is 17.3. The van der Waals surface area contributed by atoms with Gasteiger partial charge in [0.1, 0.15) is 0 Å². The SMILES string of the molecule is C=C[Si](C)(O[Si](C)(C=C)c1ccccc1)c1ccccc1.[Pt]. The Labute approximate surface area is 150 Å². The zero-order valence-electron chi connectivity index (χ0n) is 13.1. The third kappa shape index (κ3) is 4.05. The molecule has 0 aliphatic carbocycles. The molecule has 0 spiro atoms. The van der Waals surface area contributed by atoms with Crippen molar-refractivity contribution < 1.29 is 25.2 Å².